The zero-order valence-corrected chi connectivity index (χ0v) is 11.3. The molecule has 0 saturated heterocycles. The van der Waals surface area contributed by atoms with Gasteiger partial charge in [-0.3, -0.25) is 24.1 Å². The lowest BCUT2D eigenvalue weighted by molar-refractivity contribution is -0.151. The van der Waals surface area contributed by atoms with Crippen LogP contribution in [0.2, 0.25) is 0 Å². The normalized spacial score (nSPS) is 13.1. The summed E-state index contributed by atoms with van der Waals surface area (Å²) in [5.41, 5.74) is 0.547. The van der Waals surface area contributed by atoms with Crippen LogP contribution >= 0.6 is 0 Å². The van der Waals surface area contributed by atoms with Crippen molar-refractivity contribution in [3.63, 3.8) is 0 Å². The van der Waals surface area contributed by atoms with Crippen molar-refractivity contribution in [1.82, 2.24) is 4.90 Å². The Morgan fingerprint density at radius 3 is 2.05 bits per heavy atom. The van der Waals surface area contributed by atoms with Gasteiger partial charge in [0.15, 0.2) is 0 Å². The lowest BCUT2D eigenvalue weighted by atomic mass is 10.1. The molecule has 0 aromatic heterocycles. The maximum atomic E-state index is 12.0. The lowest BCUT2D eigenvalue weighted by Gasteiger charge is -2.12. The number of imide groups is 1. The lowest BCUT2D eigenvalue weighted by Crippen LogP contribution is -2.36. The van der Waals surface area contributed by atoms with E-state index >= 15 is 0 Å². The van der Waals surface area contributed by atoms with Gasteiger partial charge in [-0.05, 0) is 12.1 Å². The minimum Gasteiger partial charge on any atom is -0.462 e. The number of esters is 2. The molecule has 2 rings (SSSR count). The number of nitrogens with zero attached hydrogens (tertiary/aromatic N) is 1. The van der Waals surface area contributed by atoms with Crippen LogP contribution in [0.4, 0.5) is 0 Å². The van der Waals surface area contributed by atoms with Gasteiger partial charge in [-0.2, -0.15) is 0 Å². The van der Waals surface area contributed by atoms with Crippen LogP contribution in [0.25, 0.3) is 0 Å². The number of benzene rings is 1. The Labute approximate surface area is 120 Å². The van der Waals surface area contributed by atoms with Crippen molar-refractivity contribution in [1.29, 1.82) is 0 Å². The molecule has 0 N–H and O–H groups in total. The van der Waals surface area contributed by atoms with Gasteiger partial charge in [0.1, 0.15) is 19.8 Å². The van der Waals surface area contributed by atoms with Crippen molar-refractivity contribution in [2.24, 2.45) is 0 Å². The molecule has 1 heterocycles. The van der Waals surface area contributed by atoms with Crippen LogP contribution in [0.5, 0.6) is 0 Å². The average Bonchev–Trinajstić information content (AvgIpc) is 2.69. The van der Waals surface area contributed by atoms with Crippen LogP contribution in [-0.2, 0) is 19.1 Å². The SMILES string of the molecule is CC(=O)OCCOC(=O)CN1C(=O)c2ccccc2C1=O. The third kappa shape index (κ3) is 3.25. The largest absolute Gasteiger partial charge is 0.462 e. The van der Waals surface area contributed by atoms with Crippen LogP contribution in [0.3, 0.4) is 0 Å². The van der Waals surface area contributed by atoms with E-state index in [0.717, 1.165) is 4.90 Å². The van der Waals surface area contributed by atoms with E-state index < -0.39 is 30.3 Å². The Bertz CT molecular complexity index is 574. The number of amides is 2. The molecule has 1 aromatic carbocycles. The van der Waals surface area contributed by atoms with E-state index in [1.54, 1.807) is 12.1 Å². The fraction of sp³-hybridized carbons (Fsp3) is 0.286. The molecule has 7 nitrogen and oxygen atoms in total. The summed E-state index contributed by atoms with van der Waals surface area (Å²) in [6.45, 7) is 0.581. The van der Waals surface area contributed by atoms with Gasteiger partial charge in [0.2, 0.25) is 0 Å². The Balaban J connectivity index is 1.90. The van der Waals surface area contributed by atoms with Crippen LogP contribution in [0.1, 0.15) is 27.6 Å². The molecule has 1 aliphatic heterocycles. The van der Waals surface area contributed by atoms with E-state index in [2.05, 4.69) is 4.74 Å². The van der Waals surface area contributed by atoms with Gasteiger partial charge >= 0.3 is 11.9 Å². The van der Waals surface area contributed by atoms with Crippen molar-refractivity contribution in [3.05, 3.63) is 35.4 Å². The van der Waals surface area contributed by atoms with E-state index in [9.17, 15) is 19.2 Å². The standard InChI is InChI=1S/C14H13NO6/c1-9(16)20-6-7-21-12(17)8-15-13(18)10-4-2-3-5-11(10)14(15)19/h2-5H,6-8H2,1H3. The topological polar surface area (TPSA) is 90.0 Å². The molecular formula is C14H13NO6. The first-order chi connectivity index (χ1) is 10.0. The Morgan fingerprint density at radius 1 is 1.00 bits per heavy atom. The zero-order chi connectivity index (χ0) is 15.4. The number of fused-ring (bicyclic) bond motifs is 1. The first kappa shape index (κ1) is 14.7. The van der Waals surface area contributed by atoms with Gasteiger partial charge < -0.3 is 9.47 Å². The molecular weight excluding hydrogens is 278 g/mol. The molecule has 0 radical (unpaired) electrons. The van der Waals surface area contributed by atoms with E-state index in [-0.39, 0.29) is 24.3 Å². The second-order valence-electron chi connectivity index (χ2n) is 4.30. The van der Waals surface area contributed by atoms with Gasteiger partial charge in [-0.15, -0.1) is 0 Å². The van der Waals surface area contributed by atoms with Gasteiger partial charge in [0.25, 0.3) is 11.8 Å². The van der Waals surface area contributed by atoms with Crippen molar-refractivity contribution < 1.29 is 28.7 Å². The van der Waals surface area contributed by atoms with Crippen LogP contribution in [0, 0.1) is 0 Å². The Hall–Kier alpha value is -2.70. The molecule has 1 aliphatic rings. The number of ether oxygens (including phenoxy) is 2. The van der Waals surface area contributed by atoms with Gasteiger partial charge in [-0.25, -0.2) is 0 Å². The predicted octanol–water partition coefficient (Wildman–Crippen LogP) is 0.389. The summed E-state index contributed by atoms with van der Waals surface area (Å²) in [5, 5.41) is 0. The smallest absolute Gasteiger partial charge is 0.326 e. The predicted molar refractivity (Wildman–Crippen MR) is 69.4 cm³/mol. The highest BCUT2D eigenvalue weighted by Crippen LogP contribution is 2.21. The summed E-state index contributed by atoms with van der Waals surface area (Å²) >= 11 is 0. The molecule has 2 amide bonds. The summed E-state index contributed by atoms with van der Waals surface area (Å²) < 4.78 is 9.38. The van der Waals surface area contributed by atoms with Gasteiger partial charge in [0, 0.05) is 6.92 Å². The third-order valence-electron chi connectivity index (χ3n) is 2.82. The minimum atomic E-state index is -0.739. The first-order valence-corrected chi connectivity index (χ1v) is 6.25. The molecule has 0 bridgehead atoms. The summed E-state index contributed by atoms with van der Waals surface area (Å²) in [7, 11) is 0. The second-order valence-corrected chi connectivity index (χ2v) is 4.30. The highest BCUT2D eigenvalue weighted by atomic mass is 16.6. The number of carbonyl (C=O) groups excluding carboxylic acids is 4. The van der Waals surface area contributed by atoms with Crippen molar-refractivity contribution in [3.8, 4) is 0 Å². The molecule has 0 fully saturated rings. The van der Waals surface area contributed by atoms with Gasteiger partial charge in [0.05, 0.1) is 11.1 Å². The van der Waals surface area contributed by atoms with E-state index in [0.29, 0.717) is 0 Å². The van der Waals surface area contributed by atoms with Crippen molar-refractivity contribution in [2.75, 3.05) is 19.8 Å². The summed E-state index contributed by atoms with van der Waals surface area (Å²) in [5.74, 6) is -2.26. The second kappa shape index (κ2) is 6.17. The summed E-state index contributed by atoms with van der Waals surface area (Å²) in [6, 6.07) is 6.35. The molecule has 0 aliphatic carbocycles. The number of hydrogen-bond donors (Lipinski definition) is 0. The fourth-order valence-corrected chi connectivity index (χ4v) is 1.90. The fourth-order valence-electron chi connectivity index (χ4n) is 1.90. The van der Waals surface area contributed by atoms with Crippen molar-refractivity contribution in [2.45, 2.75) is 6.92 Å². The monoisotopic (exact) mass is 291 g/mol. The molecule has 1 aromatic rings. The Kier molecular flexibility index (Phi) is 4.32. The molecule has 0 unspecified atom stereocenters. The number of carbonyl (C=O) groups is 4. The van der Waals surface area contributed by atoms with E-state index in [1.807, 2.05) is 0 Å². The molecule has 0 spiro atoms. The highest BCUT2D eigenvalue weighted by Gasteiger charge is 2.36. The third-order valence-corrected chi connectivity index (χ3v) is 2.82. The quantitative estimate of drug-likeness (QED) is 0.443. The summed E-state index contributed by atoms with van der Waals surface area (Å²) in [6.07, 6.45) is 0. The highest BCUT2D eigenvalue weighted by molar-refractivity contribution is 6.22. The van der Waals surface area contributed by atoms with Crippen LogP contribution < -0.4 is 0 Å². The maximum Gasteiger partial charge on any atom is 0.326 e. The van der Waals surface area contributed by atoms with E-state index in [1.165, 1.54) is 19.1 Å². The molecule has 0 atom stereocenters. The Morgan fingerprint density at radius 2 is 1.52 bits per heavy atom. The number of rotatable bonds is 5. The average molecular weight is 291 g/mol. The van der Waals surface area contributed by atoms with Crippen LogP contribution in [-0.4, -0.2) is 48.4 Å². The molecule has 21 heavy (non-hydrogen) atoms. The minimum absolute atomic E-state index is 0.0663. The first-order valence-electron chi connectivity index (χ1n) is 6.25. The molecule has 7 heteroatoms. The van der Waals surface area contributed by atoms with Crippen molar-refractivity contribution >= 4 is 23.8 Å². The van der Waals surface area contributed by atoms with Gasteiger partial charge in [-0.1, -0.05) is 12.1 Å². The molecule has 0 saturated carbocycles. The summed E-state index contributed by atoms with van der Waals surface area (Å²) in [4.78, 5) is 46.9. The van der Waals surface area contributed by atoms with E-state index in [4.69, 9.17) is 4.74 Å². The maximum absolute atomic E-state index is 12.0. The zero-order valence-electron chi connectivity index (χ0n) is 11.3. The molecule has 110 valence electrons. The van der Waals surface area contributed by atoms with Crippen LogP contribution in [0.15, 0.2) is 24.3 Å². The number of hydrogen-bond acceptors (Lipinski definition) is 6.